The van der Waals surface area contributed by atoms with Gasteiger partial charge >= 0.3 is 6.09 Å². The number of ether oxygens (including phenoxy) is 3. The van der Waals surface area contributed by atoms with Gasteiger partial charge < -0.3 is 25.3 Å². The van der Waals surface area contributed by atoms with Crippen LogP contribution >= 0.6 is 23.5 Å². The number of thioether (sulfide) groups is 2. The van der Waals surface area contributed by atoms with Crippen molar-refractivity contribution in [3.63, 3.8) is 0 Å². The third-order valence-corrected chi connectivity index (χ3v) is 9.59. The monoisotopic (exact) mass is 794 g/mol. The SMILES string of the molecule is CC(C)(C)OC(=O)N=C1NC(=O)/C(=C/c2ccc3nccc(Oc4ccccc4)c3c2)S1.NC1=NC(=O)/C(=C/c2ccc3nccc(Oc4ccccc4)c3c2)S1. The van der Waals surface area contributed by atoms with Crippen LogP contribution in [-0.4, -0.2) is 43.8 Å². The number of nitrogens with one attached hydrogen (secondary N) is 1. The molecule has 4 aromatic carbocycles. The number of rotatable bonds is 6. The lowest BCUT2D eigenvalue weighted by Crippen LogP contribution is -2.25. The summed E-state index contributed by atoms with van der Waals surface area (Å²) < 4.78 is 17.2. The number of aromatic nitrogens is 2. The van der Waals surface area contributed by atoms with Gasteiger partial charge in [-0.15, -0.1) is 0 Å². The molecule has 4 heterocycles. The number of hydrogen-bond acceptors (Lipinski definition) is 11. The normalized spacial score (nSPS) is 16.1. The molecule has 284 valence electrons. The number of carbonyl (C=O) groups is 3. The van der Waals surface area contributed by atoms with Crippen LogP contribution in [0.3, 0.4) is 0 Å². The maximum absolute atomic E-state index is 12.4. The zero-order chi connectivity index (χ0) is 39.9. The van der Waals surface area contributed by atoms with Gasteiger partial charge in [-0.3, -0.25) is 19.6 Å². The summed E-state index contributed by atoms with van der Waals surface area (Å²) in [7, 11) is 0. The molecule has 0 radical (unpaired) electrons. The minimum Gasteiger partial charge on any atom is -0.457 e. The van der Waals surface area contributed by atoms with Gasteiger partial charge in [0.25, 0.3) is 11.8 Å². The third-order valence-electron chi connectivity index (χ3n) is 7.86. The Morgan fingerprint density at radius 3 is 1.74 bits per heavy atom. The summed E-state index contributed by atoms with van der Waals surface area (Å²) in [5.41, 5.74) is 8.17. The smallest absolute Gasteiger partial charge is 0.436 e. The molecular formula is C43H34N6O6S2. The molecule has 12 nitrogen and oxygen atoms in total. The van der Waals surface area contributed by atoms with Crippen LogP contribution in [0.25, 0.3) is 34.0 Å². The van der Waals surface area contributed by atoms with Crippen LogP contribution < -0.4 is 20.5 Å². The summed E-state index contributed by atoms with van der Waals surface area (Å²) in [5.74, 6) is 2.20. The van der Waals surface area contributed by atoms with Crippen molar-refractivity contribution < 1.29 is 28.6 Å². The van der Waals surface area contributed by atoms with Gasteiger partial charge in [-0.25, -0.2) is 4.79 Å². The topological polar surface area (TPSA) is 167 Å². The maximum Gasteiger partial charge on any atom is 0.436 e. The average molecular weight is 795 g/mol. The van der Waals surface area contributed by atoms with E-state index < -0.39 is 11.7 Å². The third kappa shape index (κ3) is 10.1. The zero-order valence-electron chi connectivity index (χ0n) is 30.8. The Kier molecular flexibility index (Phi) is 11.4. The first-order valence-corrected chi connectivity index (χ1v) is 19.1. The van der Waals surface area contributed by atoms with Crippen LogP contribution in [0.15, 0.2) is 141 Å². The number of nitrogens with two attached hydrogens (primary N) is 1. The van der Waals surface area contributed by atoms with E-state index in [1.54, 1.807) is 51.4 Å². The van der Waals surface area contributed by atoms with Gasteiger partial charge in [0, 0.05) is 23.2 Å². The summed E-state index contributed by atoms with van der Waals surface area (Å²) >= 11 is 2.26. The zero-order valence-corrected chi connectivity index (χ0v) is 32.5. The first-order valence-electron chi connectivity index (χ1n) is 17.5. The number of amides is 3. The highest BCUT2D eigenvalue weighted by atomic mass is 32.2. The van der Waals surface area contributed by atoms with Crippen molar-refractivity contribution in [2.45, 2.75) is 26.4 Å². The number of hydrogen-bond donors (Lipinski definition) is 2. The second kappa shape index (κ2) is 16.9. The molecule has 3 N–H and O–H groups in total. The van der Waals surface area contributed by atoms with Crippen LogP contribution in [0, 0.1) is 0 Å². The summed E-state index contributed by atoms with van der Waals surface area (Å²) in [6, 6.07) is 34.1. The molecule has 0 aliphatic carbocycles. The molecule has 0 bridgehead atoms. The van der Waals surface area contributed by atoms with Crippen LogP contribution in [-0.2, 0) is 14.3 Å². The molecule has 0 unspecified atom stereocenters. The summed E-state index contributed by atoms with van der Waals surface area (Å²) in [5, 5.41) is 4.73. The highest BCUT2D eigenvalue weighted by molar-refractivity contribution is 8.19. The number of fused-ring (bicyclic) bond motifs is 2. The van der Waals surface area contributed by atoms with E-state index in [2.05, 4.69) is 25.3 Å². The van der Waals surface area contributed by atoms with Crippen LogP contribution in [0.5, 0.6) is 23.0 Å². The summed E-state index contributed by atoms with van der Waals surface area (Å²) in [6.45, 7) is 5.25. The Hall–Kier alpha value is -6.77. The molecule has 14 heteroatoms. The highest BCUT2D eigenvalue weighted by Gasteiger charge is 2.26. The standard InChI is InChI=1S/C24H21N3O4S.C19H13N3O2S/c1-24(2,3)31-23(29)27-22-26-21(28)20(32-22)14-15-9-10-18-17(13-15)19(11-12-25-18)30-16-7-5-4-6-8-16;20-19-22-18(23)17(25-19)11-12-6-7-15-14(10-12)16(8-9-21-15)24-13-4-2-1-3-5-13/h4-14H,1-3H3,(H,26,27,28,29);1-11H,(H2,20,22,23)/b20-14-;17-11-. The first kappa shape index (κ1) is 38.5. The number of benzene rings is 4. The maximum atomic E-state index is 12.4. The molecule has 3 amide bonds. The molecule has 57 heavy (non-hydrogen) atoms. The largest absolute Gasteiger partial charge is 0.457 e. The van der Waals surface area contributed by atoms with Gasteiger partial charge in [-0.1, -0.05) is 48.5 Å². The van der Waals surface area contributed by atoms with Crippen LogP contribution in [0.1, 0.15) is 31.9 Å². The molecule has 0 spiro atoms. The van der Waals surface area contributed by atoms with Gasteiger partial charge in [0.2, 0.25) is 0 Å². The fourth-order valence-corrected chi connectivity index (χ4v) is 6.94. The van der Waals surface area contributed by atoms with E-state index in [1.807, 2.05) is 103 Å². The molecule has 6 aromatic rings. The van der Waals surface area contributed by atoms with E-state index in [4.69, 9.17) is 19.9 Å². The van der Waals surface area contributed by atoms with Gasteiger partial charge in [0.15, 0.2) is 10.3 Å². The molecular weight excluding hydrogens is 761 g/mol. The fraction of sp³-hybridized carbons (Fsp3) is 0.0930. The van der Waals surface area contributed by atoms with E-state index in [9.17, 15) is 14.4 Å². The fourth-order valence-electron chi connectivity index (χ4n) is 5.44. The Balaban J connectivity index is 0.000000179. The number of amidine groups is 2. The number of pyridine rings is 2. The quantitative estimate of drug-likeness (QED) is 0.154. The first-order chi connectivity index (χ1) is 27.5. The van der Waals surface area contributed by atoms with Crippen molar-refractivity contribution in [3.05, 3.63) is 143 Å². The Labute approximate surface area is 336 Å². The lowest BCUT2D eigenvalue weighted by atomic mass is 10.1. The van der Waals surface area contributed by atoms with E-state index in [0.29, 0.717) is 21.3 Å². The lowest BCUT2D eigenvalue weighted by molar-refractivity contribution is -0.115. The lowest BCUT2D eigenvalue weighted by Gasteiger charge is -2.17. The minimum absolute atomic E-state index is 0.186. The summed E-state index contributed by atoms with van der Waals surface area (Å²) in [4.78, 5) is 53.3. The van der Waals surface area contributed by atoms with E-state index in [0.717, 1.165) is 56.2 Å². The number of carbonyl (C=O) groups excluding carboxylic acids is 3. The Bertz CT molecular complexity index is 2640. The molecule has 8 rings (SSSR count). The van der Waals surface area contributed by atoms with Crippen molar-refractivity contribution in [1.82, 2.24) is 15.3 Å². The van der Waals surface area contributed by atoms with Crippen molar-refractivity contribution in [2.24, 2.45) is 15.7 Å². The Morgan fingerprint density at radius 1 is 0.719 bits per heavy atom. The van der Waals surface area contributed by atoms with Gasteiger partial charge in [0.1, 0.15) is 28.6 Å². The second-order valence-corrected chi connectivity index (χ2v) is 15.4. The molecule has 2 aliphatic rings. The predicted molar refractivity (Wildman–Crippen MR) is 226 cm³/mol. The molecule has 0 atom stereocenters. The van der Waals surface area contributed by atoms with Crippen molar-refractivity contribution in [2.75, 3.05) is 0 Å². The van der Waals surface area contributed by atoms with Crippen LogP contribution in [0.4, 0.5) is 4.79 Å². The number of para-hydroxylation sites is 2. The number of aliphatic imine (C=N–C) groups is 2. The molecule has 2 aromatic heterocycles. The highest BCUT2D eigenvalue weighted by Crippen LogP contribution is 2.33. The Morgan fingerprint density at radius 2 is 1.25 bits per heavy atom. The molecule has 2 aliphatic heterocycles. The van der Waals surface area contributed by atoms with E-state index >= 15 is 0 Å². The molecule has 1 fully saturated rings. The minimum atomic E-state index is -0.749. The summed E-state index contributed by atoms with van der Waals surface area (Å²) in [6.07, 6.45) is 6.16. The average Bonchev–Trinajstić information content (AvgIpc) is 3.69. The van der Waals surface area contributed by atoms with Gasteiger partial charge in [-0.05, 0) is 128 Å². The van der Waals surface area contributed by atoms with Crippen molar-refractivity contribution in [3.8, 4) is 23.0 Å². The van der Waals surface area contributed by atoms with E-state index in [-0.39, 0.29) is 22.1 Å². The van der Waals surface area contributed by atoms with Gasteiger partial charge in [-0.2, -0.15) is 9.98 Å². The second-order valence-electron chi connectivity index (χ2n) is 13.3. The molecule has 1 saturated heterocycles. The predicted octanol–water partition coefficient (Wildman–Crippen LogP) is 9.48. The van der Waals surface area contributed by atoms with Crippen molar-refractivity contribution >= 4 is 85.7 Å². The van der Waals surface area contributed by atoms with Crippen molar-refractivity contribution in [1.29, 1.82) is 0 Å². The molecule has 0 saturated carbocycles. The van der Waals surface area contributed by atoms with Crippen LogP contribution in [0.2, 0.25) is 0 Å². The number of nitrogens with zero attached hydrogens (tertiary/aromatic N) is 4. The van der Waals surface area contributed by atoms with E-state index in [1.165, 1.54) is 11.8 Å². The van der Waals surface area contributed by atoms with Gasteiger partial charge in [0.05, 0.1) is 20.8 Å².